The summed E-state index contributed by atoms with van der Waals surface area (Å²) in [5.41, 5.74) is 2.37. The molecule has 18 heavy (non-hydrogen) atoms. The molecule has 1 aromatic rings. The molecule has 1 unspecified atom stereocenters. The lowest BCUT2D eigenvalue weighted by molar-refractivity contribution is 0.0897. The number of ether oxygens (including phenoxy) is 2. The highest BCUT2D eigenvalue weighted by Gasteiger charge is 2.12. The third-order valence-corrected chi connectivity index (χ3v) is 3.42. The maximum Gasteiger partial charge on any atom is 0.124 e. The molecule has 0 aliphatic carbocycles. The van der Waals surface area contributed by atoms with Crippen LogP contribution in [0.25, 0.3) is 0 Å². The van der Waals surface area contributed by atoms with Gasteiger partial charge in [-0.2, -0.15) is 0 Å². The van der Waals surface area contributed by atoms with E-state index in [9.17, 15) is 0 Å². The van der Waals surface area contributed by atoms with Crippen LogP contribution >= 0.6 is 0 Å². The minimum atomic E-state index is 0.523. The average molecular weight is 249 g/mol. The first-order valence-electron chi connectivity index (χ1n) is 6.74. The first-order chi connectivity index (χ1) is 8.79. The van der Waals surface area contributed by atoms with Crippen molar-refractivity contribution in [3.8, 4) is 5.75 Å². The van der Waals surface area contributed by atoms with Crippen molar-refractivity contribution in [2.24, 2.45) is 0 Å². The molecular formula is C15H23NO2. The fourth-order valence-corrected chi connectivity index (χ4v) is 2.40. The summed E-state index contributed by atoms with van der Waals surface area (Å²) < 4.78 is 11.2. The number of benzene rings is 1. The van der Waals surface area contributed by atoms with E-state index >= 15 is 0 Å². The summed E-state index contributed by atoms with van der Waals surface area (Å²) in [7, 11) is 1.71. The van der Waals surface area contributed by atoms with Gasteiger partial charge in [0.15, 0.2) is 0 Å². The summed E-state index contributed by atoms with van der Waals surface area (Å²) in [5.74, 6) is 0.914. The van der Waals surface area contributed by atoms with Crippen LogP contribution in [0.3, 0.4) is 0 Å². The predicted molar refractivity (Wildman–Crippen MR) is 73.0 cm³/mol. The molecule has 0 saturated carbocycles. The Kier molecular flexibility index (Phi) is 5.02. The first-order valence-corrected chi connectivity index (χ1v) is 6.74. The van der Waals surface area contributed by atoms with E-state index in [0.29, 0.717) is 12.6 Å². The van der Waals surface area contributed by atoms with Crippen LogP contribution in [0.15, 0.2) is 18.2 Å². The van der Waals surface area contributed by atoms with E-state index in [4.69, 9.17) is 9.47 Å². The highest BCUT2D eigenvalue weighted by atomic mass is 16.5. The van der Waals surface area contributed by atoms with Crippen LogP contribution in [-0.4, -0.2) is 26.3 Å². The zero-order chi connectivity index (χ0) is 12.8. The van der Waals surface area contributed by atoms with Gasteiger partial charge >= 0.3 is 0 Å². The molecule has 1 heterocycles. The summed E-state index contributed by atoms with van der Waals surface area (Å²) in [5, 5.41) is 3.49. The van der Waals surface area contributed by atoms with Crippen molar-refractivity contribution in [2.45, 2.75) is 38.8 Å². The van der Waals surface area contributed by atoms with Gasteiger partial charge in [0.25, 0.3) is 0 Å². The Labute approximate surface area is 109 Å². The molecule has 3 heteroatoms. The Hall–Kier alpha value is -1.06. The maximum absolute atomic E-state index is 5.81. The minimum Gasteiger partial charge on any atom is -0.496 e. The van der Waals surface area contributed by atoms with Gasteiger partial charge in [0.2, 0.25) is 0 Å². The topological polar surface area (TPSA) is 30.5 Å². The van der Waals surface area contributed by atoms with Crippen LogP contribution in [-0.2, 0) is 11.3 Å². The van der Waals surface area contributed by atoms with Gasteiger partial charge in [-0.25, -0.2) is 0 Å². The molecule has 1 atom stereocenters. The Bertz CT molecular complexity index is 373. The van der Waals surface area contributed by atoms with Crippen LogP contribution in [0, 0.1) is 6.92 Å². The normalized spacial score (nSPS) is 19.8. The van der Waals surface area contributed by atoms with Crippen LogP contribution in [0.5, 0.6) is 5.75 Å². The van der Waals surface area contributed by atoms with Gasteiger partial charge in [-0.05, 0) is 32.4 Å². The van der Waals surface area contributed by atoms with Gasteiger partial charge < -0.3 is 14.8 Å². The fourth-order valence-electron chi connectivity index (χ4n) is 2.40. The smallest absolute Gasteiger partial charge is 0.124 e. The highest BCUT2D eigenvalue weighted by molar-refractivity contribution is 5.36. The quantitative estimate of drug-likeness (QED) is 0.870. The number of piperidine rings is 1. The van der Waals surface area contributed by atoms with E-state index in [-0.39, 0.29) is 0 Å². The van der Waals surface area contributed by atoms with Crippen LogP contribution < -0.4 is 10.1 Å². The van der Waals surface area contributed by atoms with Gasteiger partial charge in [0.05, 0.1) is 20.3 Å². The van der Waals surface area contributed by atoms with Crippen LogP contribution in [0.2, 0.25) is 0 Å². The van der Waals surface area contributed by atoms with Crippen LogP contribution in [0.1, 0.15) is 30.4 Å². The number of methoxy groups -OCH3 is 1. The number of hydrogen-bond donors (Lipinski definition) is 1. The van der Waals surface area contributed by atoms with Gasteiger partial charge in [-0.1, -0.05) is 24.1 Å². The Balaban J connectivity index is 1.83. The Morgan fingerprint density at radius 1 is 1.33 bits per heavy atom. The van der Waals surface area contributed by atoms with E-state index in [0.717, 1.165) is 24.5 Å². The minimum absolute atomic E-state index is 0.523. The van der Waals surface area contributed by atoms with Crippen molar-refractivity contribution in [3.63, 3.8) is 0 Å². The lowest BCUT2D eigenvalue weighted by atomic mass is 10.1. The maximum atomic E-state index is 5.81. The molecule has 0 amide bonds. The van der Waals surface area contributed by atoms with Crippen molar-refractivity contribution >= 4 is 0 Å². The summed E-state index contributed by atoms with van der Waals surface area (Å²) >= 11 is 0. The zero-order valence-corrected chi connectivity index (χ0v) is 11.4. The molecule has 1 N–H and O–H groups in total. The molecule has 0 radical (unpaired) electrons. The molecule has 1 fully saturated rings. The fraction of sp³-hybridized carbons (Fsp3) is 0.600. The van der Waals surface area contributed by atoms with Crippen LogP contribution in [0.4, 0.5) is 0 Å². The Morgan fingerprint density at radius 3 is 2.94 bits per heavy atom. The monoisotopic (exact) mass is 249 g/mol. The molecule has 1 aromatic carbocycles. The zero-order valence-electron chi connectivity index (χ0n) is 11.4. The second kappa shape index (κ2) is 6.76. The second-order valence-corrected chi connectivity index (χ2v) is 4.98. The first kappa shape index (κ1) is 13.4. The van der Waals surface area contributed by atoms with Crippen molar-refractivity contribution in [2.75, 3.05) is 20.3 Å². The summed E-state index contributed by atoms with van der Waals surface area (Å²) in [6, 6.07) is 6.72. The van der Waals surface area contributed by atoms with Gasteiger partial charge in [0, 0.05) is 11.6 Å². The lowest BCUT2D eigenvalue weighted by Gasteiger charge is -2.23. The SMILES string of the molecule is COc1ccc(C)cc1COCC1CCCCN1. The molecule has 0 spiro atoms. The van der Waals surface area contributed by atoms with E-state index < -0.39 is 0 Å². The van der Waals surface area contributed by atoms with Crippen molar-refractivity contribution in [3.05, 3.63) is 29.3 Å². The second-order valence-electron chi connectivity index (χ2n) is 4.98. The highest BCUT2D eigenvalue weighted by Crippen LogP contribution is 2.20. The molecule has 100 valence electrons. The molecule has 0 bridgehead atoms. The van der Waals surface area contributed by atoms with Gasteiger partial charge in [0.1, 0.15) is 5.75 Å². The molecule has 1 aliphatic rings. The number of hydrogen-bond acceptors (Lipinski definition) is 3. The lowest BCUT2D eigenvalue weighted by Crippen LogP contribution is -2.37. The van der Waals surface area contributed by atoms with E-state index in [2.05, 4.69) is 24.4 Å². The number of rotatable bonds is 5. The van der Waals surface area contributed by atoms with Crippen molar-refractivity contribution < 1.29 is 9.47 Å². The van der Waals surface area contributed by atoms with E-state index in [1.54, 1.807) is 7.11 Å². The van der Waals surface area contributed by atoms with Gasteiger partial charge in [-0.3, -0.25) is 0 Å². The van der Waals surface area contributed by atoms with E-state index in [1.165, 1.54) is 24.8 Å². The van der Waals surface area contributed by atoms with Crippen molar-refractivity contribution in [1.82, 2.24) is 5.32 Å². The number of aryl methyl sites for hydroxylation is 1. The van der Waals surface area contributed by atoms with E-state index in [1.807, 2.05) is 6.07 Å². The standard InChI is InChI=1S/C15H23NO2/c1-12-6-7-15(17-2)13(9-12)10-18-11-14-5-3-4-8-16-14/h6-7,9,14,16H,3-5,8,10-11H2,1-2H3. The third kappa shape index (κ3) is 3.72. The molecule has 1 saturated heterocycles. The molecule has 2 rings (SSSR count). The molecule has 1 aliphatic heterocycles. The molecule has 3 nitrogen and oxygen atoms in total. The largest absolute Gasteiger partial charge is 0.496 e. The summed E-state index contributed by atoms with van der Waals surface area (Å²) in [4.78, 5) is 0. The third-order valence-electron chi connectivity index (χ3n) is 3.42. The van der Waals surface area contributed by atoms with Crippen molar-refractivity contribution in [1.29, 1.82) is 0 Å². The predicted octanol–water partition coefficient (Wildman–Crippen LogP) is 2.66. The molecule has 0 aromatic heterocycles. The summed E-state index contributed by atoms with van der Waals surface area (Å²) in [6.45, 7) is 4.63. The van der Waals surface area contributed by atoms with Gasteiger partial charge in [-0.15, -0.1) is 0 Å². The molecular weight excluding hydrogens is 226 g/mol. The number of nitrogens with one attached hydrogen (secondary N) is 1. The summed E-state index contributed by atoms with van der Waals surface area (Å²) in [6.07, 6.45) is 3.84. The Morgan fingerprint density at radius 2 is 2.22 bits per heavy atom. The average Bonchev–Trinajstić information content (AvgIpc) is 2.40.